The lowest BCUT2D eigenvalue weighted by Gasteiger charge is -2.36. The Kier molecular flexibility index (Phi) is 3.46. The van der Waals surface area contributed by atoms with Crippen LogP contribution in [0.25, 0.3) is 0 Å². The van der Waals surface area contributed by atoms with Gasteiger partial charge in [0.2, 0.25) is 0 Å². The molecular weight excluding hydrogens is 246 g/mol. The number of guanidine groups is 1. The molecule has 1 N–H and O–H groups in total. The average molecular weight is 265 g/mol. The Morgan fingerprint density at radius 2 is 2.11 bits per heavy atom. The highest BCUT2D eigenvalue weighted by Crippen LogP contribution is 2.24. The summed E-state index contributed by atoms with van der Waals surface area (Å²) in [6.45, 7) is 2.51. The van der Waals surface area contributed by atoms with Crippen molar-refractivity contribution >= 4 is 17.9 Å². The highest BCUT2D eigenvalue weighted by Gasteiger charge is 2.48. The third-order valence-corrected chi connectivity index (χ3v) is 3.28. The third-order valence-electron chi connectivity index (χ3n) is 3.28. The van der Waals surface area contributed by atoms with Gasteiger partial charge in [0, 0.05) is 27.7 Å². The van der Waals surface area contributed by atoms with Crippen molar-refractivity contribution in [3.8, 4) is 0 Å². The molecule has 7 heteroatoms. The fourth-order valence-electron chi connectivity index (χ4n) is 2.30. The maximum atomic E-state index is 12.1. The number of amides is 3. The number of nitrogens with zero attached hydrogens (tertiary/aromatic N) is 4. The molecule has 19 heavy (non-hydrogen) atoms. The zero-order chi connectivity index (χ0) is 14.2. The highest BCUT2D eigenvalue weighted by molar-refractivity contribution is 6.03. The molecule has 0 bridgehead atoms. The van der Waals surface area contributed by atoms with E-state index in [0.29, 0.717) is 12.5 Å². The normalized spacial score (nSPS) is 26.6. The van der Waals surface area contributed by atoms with Gasteiger partial charge in [-0.15, -0.1) is 0 Å². The van der Waals surface area contributed by atoms with Gasteiger partial charge < -0.3 is 14.7 Å². The molecule has 0 aromatic heterocycles. The number of hydrogen-bond acceptors (Lipinski definition) is 5. The molecule has 2 heterocycles. The predicted octanol–water partition coefficient (Wildman–Crippen LogP) is -0.328. The molecule has 1 saturated heterocycles. The fraction of sp³-hybridized carbons (Fsp3) is 0.583. The van der Waals surface area contributed by atoms with E-state index in [1.165, 1.54) is 4.90 Å². The van der Waals surface area contributed by atoms with E-state index in [1.807, 2.05) is 43.0 Å². The molecule has 3 amide bonds. The van der Waals surface area contributed by atoms with Crippen LogP contribution < -0.4 is 5.32 Å². The molecular formula is C12H19N5O2. The third kappa shape index (κ3) is 2.16. The van der Waals surface area contributed by atoms with Crippen LogP contribution in [0.5, 0.6) is 0 Å². The summed E-state index contributed by atoms with van der Waals surface area (Å²) in [5.74, 6) is 0.419. The number of urea groups is 1. The van der Waals surface area contributed by atoms with Gasteiger partial charge in [-0.2, -0.15) is 0 Å². The maximum Gasteiger partial charge on any atom is 0.325 e. The van der Waals surface area contributed by atoms with Crippen molar-refractivity contribution in [2.75, 3.05) is 27.7 Å². The van der Waals surface area contributed by atoms with Crippen LogP contribution in [-0.4, -0.2) is 72.5 Å². The number of carbonyl (C=O) groups excluding carboxylic acids is 2. The van der Waals surface area contributed by atoms with E-state index in [-0.39, 0.29) is 5.91 Å². The predicted molar refractivity (Wildman–Crippen MR) is 71.5 cm³/mol. The molecule has 2 unspecified atom stereocenters. The van der Waals surface area contributed by atoms with E-state index < -0.39 is 18.2 Å². The van der Waals surface area contributed by atoms with Gasteiger partial charge in [0.25, 0.3) is 5.91 Å². The Morgan fingerprint density at radius 1 is 1.42 bits per heavy atom. The SMILES string of the molecule is C/C=C/CN1C(N(C)C)=NC2C1C(=O)NC(=O)N2C. The Hall–Kier alpha value is -2.05. The average Bonchev–Trinajstić information content (AvgIpc) is 2.73. The van der Waals surface area contributed by atoms with Crippen molar-refractivity contribution in [2.24, 2.45) is 4.99 Å². The van der Waals surface area contributed by atoms with Crippen LogP contribution >= 0.6 is 0 Å². The Bertz CT molecular complexity index is 457. The summed E-state index contributed by atoms with van der Waals surface area (Å²) >= 11 is 0. The molecule has 0 saturated carbocycles. The van der Waals surface area contributed by atoms with Gasteiger partial charge in [-0.1, -0.05) is 12.2 Å². The van der Waals surface area contributed by atoms with E-state index in [4.69, 9.17) is 0 Å². The highest BCUT2D eigenvalue weighted by atomic mass is 16.2. The quantitative estimate of drug-likeness (QED) is 0.694. The van der Waals surface area contributed by atoms with Gasteiger partial charge in [0.15, 0.2) is 18.2 Å². The first kappa shape index (κ1) is 13.4. The lowest BCUT2D eigenvalue weighted by atomic mass is 10.1. The van der Waals surface area contributed by atoms with E-state index in [1.54, 1.807) is 7.05 Å². The van der Waals surface area contributed by atoms with Crippen molar-refractivity contribution in [3.05, 3.63) is 12.2 Å². The van der Waals surface area contributed by atoms with E-state index >= 15 is 0 Å². The Morgan fingerprint density at radius 3 is 2.68 bits per heavy atom. The van der Waals surface area contributed by atoms with E-state index in [2.05, 4.69) is 10.3 Å². The number of hydrogen-bond donors (Lipinski definition) is 1. The molecule has 0 radical (unpaired) electrons. The van der Waals surface area contributed by atoms with Gasteiger partial charge >= 0.3 is 6.03 Å². The monoisotopic (exact) mass is 265 g/mol. The van der Waals surface area contributed by atoms with Gasteiger partial charge in [-0.3, -0.25) is 10.1 Å². The first-order valence-electron chi connectivity index (χ1n) is 6.18. The van der Waals surface area contributed by atoms with Crippen LogP contribution in [0.4, 0.5) is 4.79 Å². The van der Waals surface area contributed by atoms with Crippen molar-refractivity contribution in [2.45, 2.75) is 19.1 Å². The number of nitrogens with one attached hydrogen (secondary N) is 1. The van der Waals surface area contributed by atoms with Gasteiger partial charge in [-0.05, 0) is 6.92 Å². The van der Waals surface area contributed by atoms with Crippen LogP contribution in [0.15, 0.2) is 17.1 Å². The van der Waals surface area contributed by atoms with E-state index in [0.717, 1.165) is 0 Å². The number of likely N-dealkylation sites (N-methyl/N-ethyl adjacent to an activating group) is 1. The molecule has 2 aliphatic heterocycles. The molecule has 0 spiro atoms. The number of aliphatic imine (C=N–C) groups is 1. The molecule has 7 nitrogen and oxygen atoms in total. The molecule has 0 aromatic carbocycles. The first-order chi connectivity index (χ1) is 8.97. The standard InChI is InChI=1S/C12H19N5O2/c1-5-6-7-17-8-9(13-11(17)15(2)3)16(4)12(19)14-10(8)18/h5-6,8-9H,7H2,1-4H3,(H,14,18,19)/b6-5+. The maximum absolute atomic E-state index is 12.1. The van der Waals surface area contributed by atoms with Crippen molar-refractivity contribution in [1.82, 2.24) is 20.0 Å². The number of imide groups is 1. The topological polar surface area (TPSA) is 68.2 Å². The van der Waals surface area contributed by atoms with Crippen LogP contribution in [0.2, 0.25) is 0 Å². The minimum atomic E-state index is -0.462. The first-order valence-corrected chi connectivity index (χ1v) is 6.18. The van der Waals surface area contributed by atoms with Crippen molar-refractivity contribution in [1.29, 1.82) is 0 Å². The Balaban J connectivity index is 2.34. The summed E-state index contributed by atoms with van der Waals surface area (Å²) in [6.07, 6.45) is 3.44. The van der Waals surface area contributed by atoms with Crippen LogP contribution in [0.1, 0.15) is 6.92 Å². The molecule has 2 atom stereocenters. The minimum Gasteiger partial charge on any atom is -0.349 e. The van der Waals surface area contributed by atoms with Crippen LogP contribution in [0.3, 0.4) is 0 Å². The zero-order valence-electron chi connectivity index (χ0n) is 11.6. The lowest BCUT2D eigenvalue weighted by Crippen LogP contribution is -2.64. The smallest absolute Gasteiger partial charge is 0.325 e. The number of rotatable bonds is 2. The Labute approximate surface area is 112 Å². The van der Waals surface area contributed by atoms with E-state index in [9.17, 15) is 9.59 Å². The largest absolute Gasteiger partial charge is 0.349 e. The van der Waals surface area contributed by atoms with Gasteiger partial charge in [0.05, 0.1) is 0 Å². The molecule has 2 rings (SSSR count). The summed E-state index contributed by atoms with van der Waals surface area (Å²) in [7, 11) is 5.40. The summed E-state index contributed by atoms with van der Waals surface area (Å²) in [4.78, 5) is 33.4. The summed E-state index contributed by atoms with van der Waals surface area (Å²) in [6, 6.07) is -0.864. The second-order valence-corrected chi connectivity index (χ2v) is 4.81. The summed E-state index contributed by atoms with van der Waals surface area (Å²) in [5, 5.41) is 2.36. The summed E-state index contributed by atoms with van der Waals surface area (Å²) < 4.78 is 0. The summed E-state index contributed by atoms with van der Waals surface area (Å²) in [5.41, 5.74) is 0. The molecule has 1 fully saturated rings. The van der Waals surface area contributed by atoms with Gasteiger partial charge in [0.1, 0.15) is 0 Å². The van der Waals surface area contributed by atoms with Crippen molar-refractivity contribution in [3.63, 3.8) is 0 Å². The van der Waals surface area contributed by atoms with Gasteiger partial charge in [-0.25, -0.2) is 9.79 Å². The fourth-order valence-corrected chi connectivity index (χ4v) is 2.30. The van der Waals surface area contributed by atoms with Crippen LogP contribution in [-0.2, 0) is 4.79 Å². The van der Waals surface area contributed by atoms with Crippen LogP contribution in [0, 0.1) is 0 Å². The lowest BCUT2D eigenvalue weighted by molar-refractivity contribution is -0.127. The second-order valence-electron chi connectivity index (χ2n) is 4.81. The molecule has 104 valence electrons. The number of carbonyl (C=O) groups is 2. The van der Waals surface area contributed by atoms with Crippen molar-refractivity contribution < 1.29 is 9.59 Å². The molecule has 0 aromatic rings. The molecule has 2 aliphatic rings. The molecule has 0 aliphatic carbocycles. The number of fused-ring (bicyclic) bond motifs is 1. The minimum absolute atomic E-state index is 0.293. The zero-order valence-corrected chi connectivity index (χ0v) is 11.6. The second kappa shape index (κ2) is 4.91. The number of allylic oxidation sites excluding steroid dienone is 1.